The molecule has 0 saturated carbocycles. The predicted molar refractivity (Wildman–Crippen MR) is 32.6 cm³/mol. The fourth-order valence-corrected chi connectivity index (χ4v) is 0.354. The van der Waals surface area contributed by atoms with Crippen LogP contribution in [0.1, 0.15) is 20.3 Å². The van der Waals surface area contributed by atoms with E-state index in [1.807, 2.05) is 0 Å². The molecule has 6 heavy (non-hydrogen) atoms. The van der Waals surface area contributed by atoms with Crippen LogP contribution in [-0.2, 0) is 0 Å². The van der Waals surface area contributed by atoms with Crippen LogP contribution in [0.2, 0.25) is 0 Å². The van der Waals surface area contributed by atoms with Crippen LogP contribution in [0.4, 0.5) is 0 Å². The molecule has 0 amide bonds. The van der Waals surface area contributed by atoms with Gasteiger partial charge < -0.3 is 0 Å². The largest absolute Gasteiger partial charge is 0.298 e. The fourth-order valence-electron chi connectivity index (χ4n) is 0.118. The van der Waals surface area contributed by atoms with Crippen molar-refractivity contribution in [1.29, 1.82) is 0 Å². The Kier molecular flexibility index (Phi) is 3.81. The van der Waals surface area contributed by atoms with Crippen molar-refractivity contribution in [2.45, 2.75) is 26.3 Å². The Bertz CT molecular complexity index is 26.7. The first kappa shape index (κ1) is 6.39. The van der Waals surface area contributed by atoms with Crippen molar-refractivity contribution in [1.82, 2.24) is 5.09 Å². The van der Waals surface area contributed by atoms with E-state index in [0.29, 0.717) is 6.04 Å². The first-order chi connectivity index (χ1) is 2.81. The quantitative estimate of drug-likeness (QED) is 0.520. The topological polar surface area (TPSA) is 12.0 Å². The second-order valence-electron chi connectivity index (χ2n) is 1.48. The van der Waals surface area contributed by atoms with Crippen molar-refractivity contribution < 1.29 is 0 Å². The zero-order chi connectivity index (χ0) is 4.99. The van der Waals surface area contributed by atoms with E-state index in [1.54, 1.807) is 0 Å². The molecule has 1 nitrogen and oxygen atoms in total. The summed E-state index contributed by atoms with van der Waals surface area (Å²) in [6, 6.07) is 0.648. The lowest BCUT2D eigenvalue weighted by molar-refractivity contribution is 0.669. The van der Waals surface area contributed by atoms with Gasteiger partial charge in [-0.15, -0.1) is 0 Å². The second-order valence-corrected chi connectivity index (χ2v) is 1.81. The van der Waals surface area contributed by atoms with Gasteiger partial charge in [0.25, 0.3) is 0 Å². The lowest BCUT2D eigenvalue weighted by Gasteiger charge is -2.01. The van der Waals surface area contributed by atoms with Gasteiger partial charge in [0.1, 0.15) is 0 Å². The van der Waals surface area contributed by atoms with Crippen molar-refractivity contribution in [2.75, 3.05) is 0 Å². The highest BCUT2D eigenvalue weighted by atomic mass is 31.0. The van der Waals surface area contributed by atoms with E-state index < -0.39 is 0 Å². The summed E-state index contributed by atoms with van der Waals surface area (Å²) in [5.74, 6) is 0. The van der Waals surface area contributed by atoms with Crippen LogP contribution in [0.5, 0.6) is 0 Å². The second kappa shape index (κ2) is 3.58. The summed E-state index contributed by atoms with van der Waals surface area (Å²) in [6.45, 7) is 4.30. The van der Waals surface area contributed by atoms with Crippen LogP contribution >= 0.6 is 9.39 Å². The molecule has 1 N–H and O–H groups in total. The summed E-state index contributed by atoms with van der Waals surface area (Å²) in [6.07, 6.45) is 1.20. The van der Waals surface area contributed by atoms with Crippen molar-refractivity contribution in [2.24, 2.45) is 0 Å². The van der Waals surface area contributed by atoms with Crippen LogP contribution < -0.4 is 5.09 Å². The SMILES string of the molecule is CC[C@H](C)NP. The number of rotatable bonds is 2. The molecule has 0 spiro atoms. The Balaban J connectivity index is 2.75. The van der Waals surface area contributed by atoms with Gasteiger partial charge in [-0.3, -0.25) is 5.09 Å². The van der Waals surface area contributed by atoms with Crippen LogP contribution in [0.25, 0.3) is 0 Å². The van der Waals surface area contributed by atoms with E-state index in [9.17, 15) is 0 Å². The standard InChI is InChI=1S/C4H12NP/c1-3-4(2)5-6/h4-5H,3,6H2,1-2H3/t4-/m0/s1. The molecule has 0 aromatic heterocycles. The third-order valence-corrected chi connectivity index (χ3v) is 1.47. The van der Waals surface area contributed by atoms with Crippen molar-refractivity contribution in [3.63, 3.8) is 0 Å². The summed E-state index contributed by atoms with van der Waals surface area (Å²) in [5.41, 5.74) is 0. The van der Waals surface area contributed by atoms with Gasteiger partial charge in [-0.1, -0.05) is 16.3 Å². The van der Waals surface area contributed by atoms with Gasteiger partial charge in [-0.2, -0.15) is 0 Å². The maximum absolute atomic E-state index is 3.03. The molecule has 2 heteroatoms. The Labute approximate surface area is 41.8 Å². The fraction of sp³-hybridized carbons (Fsp3) is 1.00. The molecule has 0 heterocycles. The molecule has 0 aliphatic rings. The first-order valence-corrected chi connectivity index (χ1v) is 2.85. The number of nitrogens with one attached hydrogen (secondary N) is 1. The van der Waals surface area contributed by atoms with Gasteiger partial charge in [0.2, 0.25) is 0 Å². The molecular formula is C4H12NP. The van der Waals surface area contributed by atoms with Crippen LogP contribution in [0, 0.1) is 0 Å². The maximum Gasteiger partial charge on any atom is 0.00679 e. The molecule has 0 radical (unpaired) electrons. The molecule has 1 unspecified atom stereocenters. The van der Waals surface area contributed by atoms with Gasteiger partial charge in [-0.25, -0.2) is 0 Å². The van der Waals surface area contributed by atoms with E-state index in [0.717, 1.165) is 0 Å². The van der Waals surface area contributed by atoms with E-state index in [-0.39, 0.29) is 0 Å². The molecule has 0 saturated heterocycles. The zero-order valence-electron chi connectivity index (χ0n) is 4.36. The minimum Gasteiger partial charge on any atom is -0.298 e. The normalized spacial score (nSPS) is 14.5. The molecular weight excluding hydrogens is 93.0 g/mol. The van der Waals surface area contributed by atoms with Crippen molar-refractivity contribution in [3.8, 4) is 0 Å². The highest BCUT2D eigenvalue weighted by Crippen LogP contribution is 1.87. The summed E-state index contributed by atoms with van der Waals surface area (Å²) in [7, 11) is 2.49. The lowest BCUT2D eigenvalue weighted by atomic mass is 10.3. The van der Waals surface area contributed by atoms with Gasteiger partial charge in [0.15, 0.2) is 0 Å². The van der Waals surface area contributed by atoms with Gasteiger partial charge in [-0.05, 0) is 13.3 Å². The highest BCUT2D eigenvalue weighted by molar-refractivity contribution is 7.13. The van der Waals surface area contributed by atoms with Gasteiger partial charge in [0, 0.05) is 6.04 Å². The zero-order valence-corrected chi connectivity index (χ0v) is 5.52. The average Bonchev–Trinajstić information content (AvgIpc) is 1.65. The molecule has 0 aliphatic heterocycles. The van der Waals surface area contributed by atoms with Crippen LogP contribution in [-0.4, -0.2) is 6.04 Å². The molecule has 0 aromatic rings. The summed E-state index contributed by atoms with van der Waals surface area (Å²) < 4.78 is 0. The molecule has 2 atom stereocenters. The summed E-state index contributed by atoms with van der Waals surface area (Å²) >= 11 is 0. The molecule has 38 valence electrons. The molecule has 0 rings (SSSR count). The monoisotopic (exact) mass is 105 g/mol. The lowest BCUT2D eigenvalue weighted by Crippen LogP contribution is -2.12. The highest BCUT2D eigenvalue weighted by Gasteiger charge is 1.86. The summed E-state index contributed by atoms with van der Waals surface area (Å²) in [4.78, 5) is 0. The number of hydrogen-bond donors (Lipinski definition) is 1. The van der Waals surface area contributed by atoms with Crippen molar-refractivity contribution >= 4 is 9.39 Å². The Morgan fingerprint density at radius 3 is 2.33 bits per heavy atom. The molecule has 0 aromatic carbocycles. The third-order valence-electron chi connectivity index (χ3n) is 0.897. The van der Waals surface area contributed by atoms with E-state index in [4.69, 9.17) is 0 Å². The minimum absolute atomic E-state index is 0.648. The van der Waals surface area contributed by atoms with Gasteiger partial charge >= 0.3 is 0 Å². The Morgan fingerprint density at radius 1 is 1.83 bits per heavy atom. The maximum atomic E-state index is 3.03. The first-order valence-electron chi connectivity index (χ1n) is 2.27. The Morgan fingerprint density at radius 2 is 2.33 bits per heavy atom. The minimum atomic E-state index is 0.648. The summed E-state index contributed by atoms with van der Waals surface area (Å²) in [5, 5.41) is 3.03. The Hall–Kier alpha value is 0.390. The van der Waals surface area contributed by atoms with E-state index in [2.05, 4.69) is 28.3 Å². The number of hydrogen-bond acceptors (Lipinski definition) is 1. The van der Waals surface area contributed by atoms with E-state index in [1.165, 1.54) is 6.42 Å². The third kappa shape index (κ3) is 2.62. The molecule has 0 bridgehead atoms. The molecule has 0 aliphatic carbocycles. The van der Waals surface area contributed by atoms with Gasteiger partial charge in [0.05, 0.1) is 0 Å². The predicted octanol–water partition coefficient (Wildman–Crippen LogP) is 1.16. The average molecular weight is 105 g/mol. The van der Waals surface area contributed by atoms with Crippen molar-refractivity contribution in [3.05, 3.63) is 0 Å². The smallest absolute Gasteiger partial charge is 0.00679 e. The van der Waals surface area contributed by atoms with E-state index >= 15 is 0 Å². The van der Waals surface area contributed by atoms with Crippen LogP contribution in [0.3, 0.4) is 0 Å². The van der Waals surface area contributed by atoms with Crippen LogP contribution in [0.15, 0.2) is 0 Å². The molecule has 0 fully saturated rings.